The molecule has 2 heterocycles. The number of ether oxygens (including phenoxy) is 1. The number of likely N-dealkylation sites (tertiary alicyclic amines) is 1. The van der Waals surface area contributed by atoms with Crippen molar-refractivity contribution >= 4 is 5.91 Å². The fourth-order valence-electron chi connectivity index (χ4n) is 3.01. The number of hydrogen-bond donors (Lipinski definition) is 1. The first-order valence-electron chi connectivity index (χ1n) is 8.39. The summed E-state index contributed by atoms with van der Waals surface area (Å²) < 4.78 is 23.8. The molecule has 1 fully saturated rings. The Hall–Kier alpha value is -2.45. The van der Waals surface area contributed by atoms with E-state index in [2.05, 4.69) is 4.98 Å². The van der Waals surface area contributed by atoms with Crippen molar-refractivity contribution in [2.45, 2.75) is 25.1 Å². The van der Waals surface area contributed by atoms with Gasteiger partial charge in [-0.05, 0) is 32.6 Å². The molecule has 3 rings (SSSR count). The van der Waals surface area contributed by atoms with E-state index in [1.165, 1.54) is 18.4 Å². The Balaban J connectivity index is 1.64. The number of halogens is 1. The van der Waals surface area contributed by atoms with Crippen molar-refractivity contribution in [3.05, 3.63) is 47.9 Å². The molecular weight excluding hydrogens is 341 g/mol. The monoisotopic (exact) mass is 363 g/mol. The topological polar surface area (TPSA) is 79.0 Å². The van der Waals surface area contributed by atoms with Crippen LogP contribution in [0.1, 0.15) is 22.8 Å². The van der Waals surface area contributed by atoms with Gasteiger partial charge in [-0.2, -0.15) is 0 Å². The molecule has 0 aliphatic carbocycles. The Morgan fingerprint density at radius 3 is 3.00 bits per heavy atom. The van der Waals surface area contributed by atoms with Gasteiger partial charge in [-0.3, -0.25) is 4.79 Å². The van der Waals surface area contributed by atoms with Crippen molar-refractivity contribution in [3.8, 4) is 5.75 Å². The average molecular weight is 363 g/mol. The second-order valence-electron chi connectivity index (χ2n) is 6.52. The molecule has 0 bridgehead atoms. The van der Waals surface area contributed by atoms with Gasteiger partial charge in [0.05, 0.1) is 12.6 Å². The van der Waals surface area contributed by atoms with E-state index in [0.29, 0.717) is 18.7 Å². The number of likely N-dealkylation sites (N-methyl/N-ethyl adjacent to an activating group) is 1. The van der Waals surface area contributed by atoms with Gasteiger partial charge >= 0.3 is 0 Å². The lowest BCUT2D eigenvalue weighted by Gasteiger charge is -2.22. The van der Waals surface area contributed by atoms with Crippen molar-refractivity contribution in [2.24, 2.45) is 0 Å². The molecule has 0 radical (unpaired) electrons. The maximum Gasteiger partial charge on any atom is 0.276 e. The summed E-state index contributed by atoms with van der Waals surface area (Å²) in [5.74, 6) is -0.106. The fourth-order valence-corrected chi connectivity index (χ4v) is 3.01. The first-order chi connectivity index (χ1) is 12.5. The minimum Gasteiger partial charge on any atom is -0.484 e. The molecule has 7 nitrogen and oxygen atoms in total. The molecule has 1 aliphatic rings. The van der Waals surface area contributed by atoms with E-state index in [9.17, 15) is 14.3 Å². The molecule has 0 saturated carbocycles. The van der Waals surface area contributed by atoms with E-state index in [4.69, 9.17) is 9.15 Å². The number of rotatable bonds is 6. The van der Waals surface area contributed by atoms with Crippen LogP contribution >= 0.6 is 0 Å². The summed E-state index contributed by atoms with van der Waals surface area (Å²) in [5.41, 5.74) is 0.167. The molecule has 1 aliphatic heterocycles. The normalized spacial score (nSPS) is 20.0. The van der Waals surface area contributed by atoms with E-state index < -0.39 is 5.82 Å². The minimum absolute atomic E-state index is 0.0134. The lowest BCUT2D eigenvalue weighted by atomic mass is 10.1. The zero-order valence-electron chi connectivity index (χ0n) is 14.8. The number of oxazole rings is 1. The van der Waals surface area contributed by atoms with Crippen LogP contribution in [0.4, 0.5) is 4.39 Å². The zero-order valence-corrected chi connectivity index (χ0v) is 14.8. The van der Waals surface area contributed by atoms with Gasteiger partial charge in [-0.1, -0.05) is 6.07 Å². The summed E-state index contributed by atoms with van der Waals surface area (Å²) in [7, 11) is 3.90. The zero-order chi connectivity index (χ0) is 18.7. The molecule has 1 N–H and O–H groups in total. The van der Waals surface area contributed by atoms with Crippen LogP contribution < -0.4 is 4.74 Å². The SMILES string of the molecule is CN(C)[C@@H]1C[C@@H](CO)N(C(=O)c2coc(COc3cccc(F)c3)n2)C1. The number of carbonyl (C=O) groups excluding carboxylic acids is 1. The molecule has 26 heavy (non-hydrogen) atoms. The number of aliphatic hydroxyl groups excluding tert-OH is 1. The second-order valence-corrected chi connectivity index (χ2v) is 6.52. The van der Waals surface area contributed by atoms with Crippen molar-refractivity contribution in [1.82, 2.24) is 14.8 Å². The molecule has 8 heteroatoms. The Bertz CT molecular complexity index is 764. The van der Waals surface area contributed by atoms with Gasteiger partial charge in [0.15, 0.2) is 12.3 Å². The van der Waals surface area contributed by atoms with Crippen LogP contribution in [-0.4, -0.2) is 65.1 Å². The van der Waals surface area contributed by atoms with E-state index in [1.54, 1.807) is 17.0 Å². The molecule has 140 valence electrons. The Labute approximate surface area is 151 Å². The van der Waals surface area contributed by atoms with Crippen molar-refractivity contribution in [1.29, 1.82) is 0 Å². The molecule has 1 aromatic heterocycles. The van der Waals surface area contributed by atoms with Crippen LogP contribution in [0.25, 0.3) is 0 Å². The van der Waals surface area contributed by atoms with Crippen LogP contribution in [0, 0.1) is 5.82 Å². The smallest absolute Gasteiger partial charge is 0.276 e. The standard InChI is InChI=1S/C18H22FN3O4/c1-21(2)13-7-14(9-23)22(8-13)18(24)16-10-26-17(20-16)11-25-15-5-3-4-12(19)6-15/h3-6,10,13-14,23H,7-9,11H2,1-2H3/t13-,14+/m1/s1. The summed E-state index contributed by atoms with van der Waals surface area (Å²) in [6, 6.07) is 5.70. The summed E-state index contributed by atoms with van der Waals surface area (Å²) in [6.07, 6.45) is 1.99. The molecule has 1 aromatic carbocycles. The number of carbonyl (C=O) groups is 1. The first kappa shape index (κ1) is 18.3. The molecular formula is C18H22FN3O4. The second kappa shape index (κ2) is 7.84. The molecule has 1 amide bonds. The summed E-state index contributed by atoms with van der Waals surface area (Å²) in [6.45, 7) is 0.420. The quantitative estimate of drug-likeness (QED) is 0.839. The molecule has 2 atom stereocenters. The van der Waals surface area contributed by atoms with Crippen LogP contribution in [-0.2, 0) is 6.61 Å². The van der Waals surface area contributed by atoms with Crippen molar-refractivity contribution < 1.29 is 23.4 Å². The molecule has 0 spiro atoms. The predicted molar refractivity (Wildman–Crippen MR) is 91.2 cm³/mol. The van der Waals surface area contributed by atoms with E-state index in [-0.39, 0.29) is 42.8 Å². The lowest BCUT2D eigenvalue weighted by Crippen LogP contribution is -2.39. The summed E-state index contributed by atoms with van der Waals surface area (Å²) in [5, 5.41) is 9.56. The molecule has 0 unspecified atom stereocenters. The van der Waals surface area contributed by atoms with Crippen LogP contribution in [0.2, 0.25) is 0 Å². The van der Waals surface area contributed by atoms with Gasteiger partial charge < -0.3 is 24.1 Å². The van der Waals surface area contributed by atoms with Crippen LogP contribution in [0.3, 0.4) is 0 Å². The summed E-state index contributed by atoms with van der Waals surface area (Å²) in [4.78, 5) is 20.5. The third kappa shape index (κ3) is 4.03. The fraction of sp³-hybridized carbons (Fsp3) is 0.444. The third-order valence-corrected chi connectivity index (χ3v) is 4.52. The number of aromatic nitrogens is 1. The van der Waals surface area contributed by atoms with Gasteiger partial charge in [0.2, 0.25) is 5.89 Å². The van der Waals surface area contributed by atoms with E-state index in [0.717, 1.165) is 0 Å². The largest absolute Gasteiger partial charge is 0.484 e. The van der Waals surface area contributed by atoms with Crippen molar-refractivity contribution in [2.75, 3.05) is 27.2 Å². The van der Waals surface area contributed by atoms with E-state index in [1.807, 2.05) is 19.0 Å². The highest BCUT2D eigenvalue weighted by molar-refractivity contribution is 5.92. The van der Waals surface area contributed by atoms with Crippen LogP contribution in [0.5, 0.6) is 5.75 Å². The highest BCUT2D eigenvalue weighted by Gasteiger charge is 2.37. The first-order valence-corrected chi connectivity index (χ1v) is 8.39. The number of nitrogens with zero attached hydrogens (tertiary/aromatic N) is 3. The maximum absolute atomic E-state index is 13.1. The predicted octanol–water partition coefficient (Wildman–Crippen LogP) is 1.53. The van der Waals surface area contributed by atoms with Gasteiger partial charge in [-0.25, -0.2) is 9.37 Å². The van der Waals surface area contributed by atoms with E-state index >= 15 is 0 Å². The summed E-state index contributed by atoms with van der Waals surface area (Å²) >= 11 is 0. The van der Waals surface area contributed by atoms with Gasteiger partial charge in [0, 0.05) is 18.7 Å². The average Bonchev–Trinajstić information content (AvgIpc) is 3.26. The highest BCUT2D eigenvalue weighted by atomic mass is 19.1. The number of aliphatic hydroxyl groups is 1. The Morgan fingerprint density at radius 2 is 2.31 bits per heavy atom. The maximum atomic E-state index is 13.1. The number of hydrogen-bond acceptors (Lipinski definition) is 6. The van der Waals surface area contributed by atoms with Gasteiger partial charge in [0.1, 0.15) is 17.8 Å². The lowest BCUT2D eigenvalue weighted by molar-refractivity contribution is 0.0667. The molecule has 1 saturated heterocycles. The number of amides is 1. The Morgan fingerprint density at radius 1 is 1.50 bits per heavy atom. The Kier molecular flexibility index (Phi) is 5.53. The van der Waals surface area contributed by atoms with Gasteiger partial charge in [0.25, 0.3) is 5.91 Å². The highest BCUT2D eigenvalue weighted by Crippen LogP contribution is 2.23. The van der Waals surface area contributed by atoms with Crippen LogP contribution in [0.15, 0.2) is 34.9 Å². The molecule has 2 aromatic rings. The minimum atomic E-state index is -0.398. The third-order valence-electron chi connectivity index (χ3n) is 4.52. The number of benzene rings is 1. The van der Waals surface area contributed by atoms with Crippen molar-refractivity contribution in [3.63, 3.8) is 0 Å². The van der Waals surface area contributed by atoms with Gasteiger partial charge in [-0.15, -0.1) is 0 Å².